The van der Waals surface area contributed by atoms with Crippen LogP contribution in [0, 0.1) is 5.82 Å². The molecule has 1 amide bonds. The van der Waals surface area contributed by atoms with E-state index in [0.29, 0.717) is 12.1 Å². The van der Waals surface area contributed by atoms with Crippen LogP contribution in [0.5, 0.6) is 0 Å². The van der Waals surface area contributed by atoms with Crippen molar-refractivity contribution in [2.75, 3.05) is 25.0 Å². The van der Waals surface area contributed by atoms with E-state index in [1.807, 2.05) is 6.92 Å². The van der Waals surface area contributed by atoms with E-state index in [2.05, 4.69) is 18.8 Å². The molecule has 0 aromatic heterocycles. The number of anilines is 1. The first-order valence-electron chi connectivity index (χ1n) is 6.54. The molecule has 2 N–H and O–H groups in total. The summed E-state index contributed by atoms with van der Waals surface area (Å²) < 4.78 is 13.0. The van der Waals surface area contributed by atoms with Gasteiger partial charge in [0.2, 0.25) is 5.91 Å². The van der Waals surface area contributed by atoms with Gasteiger partial charge in [0, 0.05) is 5.69 Å². The number of carbonyl (C=O) groups excluding carboxylic acids is 1. The summed E-state index contributed by atoms with van der Waals surface area (Å²) in [5, 5.41) is 2.70. The van der Waals surface area contributed by atoms with Gasteiger partial charge in [-0.1, -0.05) is 12.6 Å². The van der Waals surface area contributed by atoms with Crippen LogP contribution in [0.25, 0.3) is 0 Å². The summed E-state index contributed by atoms with van der Waals surface area (Å²) in [4.78, 5) is 13.1. The van der Waals surface area contributed by atoms with Gasteiger partial charge in [-0.05, 0) is 37.6 Å². The predicted molar refractivity (Wildman–Crippen MR) is 75.7 cm³/mol. The summed E-state index contributed by atoms with van der Waals surface area (Å²) in [6.45, 7) is 10.6. The van der Waals surface area contributed by atoms with Crippen molar-refractivity contribution in [3.8, 4) is 0 Å². The van der Waals surface area contributed by atoms with E-state index >= 15 is 0 Å². The lowest BCUT2D eigenvalue weighted by Crippen LogP contribution is -3.12. The zero-order valence-electron chi connectivity index (χ0n) is 11.6. The Morgan fingerprint density at radius 3 is 2.79 bits per heavy atom. The standard InChI is InChI=1S/C15H21FN2O/c1-4-18(11-12(2)3)9-8-15(19)17-14-7-5-6-13(16)10-14/h5-7,10H,2,4,8-9,11H2,1,3H3,(H,17,19)/p+1. The quantitative estimate of drug-likeness (QED) is 0.722. The van der Waals surface area contributed by atoms with Crippen molar-refractivity contribution in [1.29, 1.82) is 0 Å². The van der Waals surface area contributed by atoms with Crippen molar-refractivity contribution < 1.29 is 14.1 Å². The molecule has 1 unspecified atom stereocenters. The van der Waals surface area contributed by atoms with E-state index in [1.54, 1.807) is 12.1 Å². The van der Waals surface area contributed by atoms with Crippen LogP contribution in [0.3, 0.4) is 0 Å². The van der Waals surface area contributed by atoms with Crippen LogP contribution >= 0.6 is 0 Å². The van der Waals surface area contributed by atoms with Crippen molar-refractivity contribution in [2.45, 2.75) is 20.3 Å². The highest BCUT2D eigenvalue weighted by molar-refractivity contribution is 5.90. The van der Waals surface area contributed by atoms with E-state index < -0.39 is 0 Å². The molecule has 3 nitrogen and oxygen atoms in total. The molecular formula is C15H22FN2O+. The Hall–Kier alpha value is -1.68. The number of hydrogen-bond donors (Lipinski definition) is 2. The number of halogens is 1. The van der Waals surface area contributed by atoms with Crippen LogP contribution < -0.4 is 10.2 Å². The van der Waals surface area contributed by atoms with Gasteiger partial charge in [-0.15, -0.1) is 0 Å². The van der Waals surface area contributed by atoms with Crippen molar-refractivity contribution >= 4 is 11.6 Å². The number of rotatable bonds is 7. The molecule has 0 saturated carbocycles. The Morgan fingerprint density at radius 1 is 1.47 bits per heavy atom. The lowest BCUT2D eigenvalue weighted by Gasteiger charge is -2.17. The van der Waals surface area contributed by atoms with Gasteiger partial charge in [-0.25, -0.2) is 4.39 Å². The number of quaternary nitrogens is 1. The van der Waals surface area contributed by atoms with E-state index in [0.717, 1.165) is 25.2 Å². The highest BCUT2D eigenvalue weighted by Crippen LogP contribution is 2.08. The van der Waals surface area contributed by atoms with E-state index in [1.165, 1.54) is 17.0 Å². The summed E-state index contributed by atoms with van der Waals surface area (Å²) in [5.74, 6) is -0.431. The summed E-state index contributed by atoms with van der Waals surface area (Å²) in [6, 6.07) is 5.93. The fourth-order valence-corrected chi connectivity index (χ4v) is 1.90. The molecule has 4 heteroatoms. The van der Waals surface area contributed by atoms with Gasteiger partial charge in [-0.2, -0.15) is 0 Å². The van der Waals surface area contributed by atoms with Crippen molar-refractivity contribution in [3.63, 3.8) is 0 Å². The zero-order chi connectivity index (χ0) is 14.3. The lowest BCUT2D eigenvalue weighted by molar-refractivity contribution is -0.892. The lowest BCUT2D eigenvalue weighted by atomic mass is 10.2. The second-order valence-corrected chi connectivity index (χ2v) is 4.80. The molecule has 1 atom stereocenters. The molecule has 1 aromatic rings. The molecule has 104 valence electrons. The van der Waals surface area contributed by atoms with Crippen LogP contribution in [0.2, 0.25) is 0 Å². The van der Waals surface area contributed by atoms with Gasteiger partial charge >= 0.3 is 0 Å². The number of benzene rings is 1. The molecule has 19 heavy (non-hydrogen) atoms. The molecule has 0 fully saturated rings. The molecule has 0 aliphatic carbocycles. The maximum Gasteiger partial charge on any atom is 0.230 e. The SMILES string of the molecule is C=C(C)C[NH+](CC)CCC(=O)Nc1cccc(F)c1. The summed E-state index contributed by atoms with van der Waals surface area (Å²) in [7, 11) is 0. The highest BCUT2D eigenvalue weighted by Gasteiger charge is 2.10. The Labute approximate surface area is 114 Å². The largest absolute Gasteiger partial charge is 0.331 e. The first-order valence-corrected chi connectivity index (χ1v) is 6.54. The molecule has 1 aromatic carbocycles. The fourth-order valence-electron chi connectivity index (χ4n) is 1.90. The number of hydrogen-bond acceptors (Lipinski definition) is 1. The minimum atomic E-state index is -0.346. The third-order valence-electron chi connectivity index (χ3n) is 2.87. The van der Waals surface area contributed by atoms with E-state index in [9.17, 15) is 9.18 Å². The van der Waals surface area contributed by atoms with Crippen LogP contribution in [0.15, 0.2) is 36.4 Å². The smallest absolute Gasteiger partial charge is 0.230 e. The summed E-state index contributed by atoms with van der Waals surface area (Å²) >= 11 is 0. The van der Waals surface area contributed by atoms with Gasteiger partial charge in [0.1, 0.15) is 5.82 Å². The van der Waals surface area contributed by atoms with Gasteiger partial charge in [-0.3, -0.25) is 4.79 Å². The van der Waals surface area contributed by atoms with E-state index in [-0.39, 0.29) is 11.7 Å². The van der Waals surface area contributed by atoms with Crippen molar-refractivity contribution in [1.82, 2.24) is 0 Å². The minimum absolute atomic E-state index is 0.0849. The van der Waals surface area contributed by atoms with Crippen LogP contribution in [0.4, 0.5) is 10.1 Å². The average Bonchev–Trinajstić information content (AvgIpc) is 2.34. The molecule has 0 aliphatic rings. The maximum atomic E-state index is 13.0. The molecule has 0 saturated heterocycles. The topological polar surface area (TPSA) is 33.5 Å². The molecule has 0 radical (unpaired) electrons. The third-order valence-corrected chi connectivity index (χ3v) is 2.87. The van der Waals surface area contributed by atoms with E-state index in [4.69, 9.17) is 0 Å². The molecular weight excluding hydrogens is 243 g/mol. The number of nitrogens with one attached hydrogen (secondary N) is 2. The first-order chi connectivity index (χ1) is 9.01. The minimum Gasteiger partial charge on any atom is -0.331 e. The van der Waals surface area contributed by atoms with Gasteiger partial charge in [0.15, 0.2) is 0 Å². The van der Waals surface area contributed by atoms with Crippen LogP contribution in [0.1, 0.15) is 20.3 Å². The zero-order valence-corrected chi connectivity index (χ0v) is 11.6. The maximum absolute atomic E-state index is 13.0. The summed E-state index contributed by atoms with van der Waals surface area (Å²) in [5.41, 5.74) is 1.62. The molecule has 0 bridgehead atoms. The molecule has 1 rings (SSSR count). The third kappa shape index (κ3) is 6.15. The normalized spacial score (nSPS) is 11.9. The fraction of sp³-hybridized carbons (Fsp3) is 0.400. The Morgan fingerprint density at radius 2 is 2.21 bits per heavy atom. The Bertz CT molecular complexity index is 446. The highest BCUT2D eigenvalue weighted by atomic mass is 19.1. The number of likely N-dealkylation sites (N-methyl/N-ethyl adjacent to an activating group) is 1. The first kappa shape index (κ1) is 15.4. The Balaban J connectivity index is 2.40. The molecule has 0 spiro atoms. The number of amides is 1. The van der Waals surface area contributed by atoms with Crippen molar-refractivity contribution in [2.24, 2.45) is 0 Å². The average molecular weight is 265 g/mol. The molecule has 0 heterocycles. The van der Waals surface area contributed by atoms with Crippen LogP contribution in [-0.4, -0.2) is 25.5 Å². The monoisotopic (exact) mass is 265 g/mol. The second-order valence-electron chi connectivity index (χ2n) is 4.80. The Kier molecular flexibility index (Phi) is 6.22. The summed E-state index contributed by atoms with van der Waals surface area (Å²) in [6.07, 6.45) is 0.424. The van der Waals surface area contributed by atoms with Gasteiger partial charge < -0.3 is 10.2 Å². The second kappa shape index (κ2) is 7.69. The van der Waals surface area contributed by atoms with Crippen LogP contribution in [-0.2, 0) is 4.79 Å². The predicted octanol–water partition coefficient (Wildman–Crippen LogP) is 1.64. The molecule has 0 aliphatic heterocycles. The van der Waals surface area contributed by atoms with Gasteiger partial charge in [0.25, 0.3) is 0 Å². The van der Waals surface area contributed by atoms with Crippen molar-refractivity contribution in [3.05, 3.63) is 42.2 Å². The van der Waals surface area contributed by atoms with Gasteiger partial charge in [0.05, 0.1) is 26.1 Å². The number of carbonyl (C=O) groups is 1.